The molecule has 22 heteroatoms. The zero-order valence-electron chi connectivity index (χ0n) is 35.5. The van der Waals surface area contributed by atoms with Crippen molar-refractivity contribution < 1.29 is 43.8 Å². The molecule has 3 rings (SSSR count). The fourth-order valence-corrected chi connectivity index (χ4v) is 7.28. The summed E-state index contributed by atoms with van der Waals surface area (Å²) in [6.07, 6.45) is 2.53. The van der Waals surface area contributed by atoms with Gasteiger partial charge >= 0.3 is 5.97 Å². The number of fused-ring (bicyclic) bond motifs is 5. The number of hydrogen-bond donors (Lipinski definition) is 15. The van der Waals surface area contributed by atoms with Gasteiger partial charge in [0.15, 0.2) is 0 Å². The summed E-state index contributed by atoms with van der Waals surface area (Å²) >= 11 is 4.02. The number of benzene rings is 1. The number of carbonyl (C=O) groups excluding carboxylic acids is 6. The van der Waals surface area contributed by atoms with E-state index in [1.54, 1.807) is 12.1 Å². The van der Waals surface area contributed by atoms with Gasteiger partial charge in [0.2, 0.25) is 35.4 Å². The van der Waals surface area contributed by atoms with Crippen molar-refractivity contribution in [3.63, 3.8) is 0 Å². The molecule has 0 aromatic heterocycles. The number of rotatable bonds is 23. The molecule has 2 saturated heterocycles. The van der Waals surface area contributed by atoms with Crippen molar-refractivity contribution in [3.05, 3.63) is 29.8 Å². The number of aromatic hydroxyl groups is 1. The van der Waals surface area contributed by atoms with Crippen LogP contribution in [0.4, 0.5) is 0 Å². The van der Waals surface area contributed by atoms with Gasteiger partial charge in [0.1, 0.15) is 29.2 Å². The summed E-state index contributed by atoms with van der Waals surface area (Å²) < 4.78 is 0. The van der Waals surface area contributed by atoms with Gasteiger partial charge < -0.3 is 63.8 Å². The highest BCUT2D eigenvalue weighted by atomic mass is 32.1. The monoisotopic (exact) mass is 892 g/mol. The number of phenols is 1. The number of thiol groups is 1. The molecule has 62 heavy (non-hydrogen) atoms. The molecular weight excluding hydrogens is 825 g/mol. The van der Waals surface area contributed by atoms with E-state index in [2.05, 4.69) is 71.1 Å². The maximum absolute atomic E-state index is 13.5. The van der Waals surface area contributed by atoms with Crippen molar-refractivity contribution in [2.75, 3.05) is 77.7 Å². The van der Waals surface area contributed by atoms with Gasteiger partial charge in [0.05, 0.1) is 0 Å². The first-order valence-corrected chi connectivity index (χ1v) is 22.1. The lowest BCUT2D eigenvalue weighted by Crippen LogP contribution is -2.73. The lowest BCUT2D eigenvalue weighted by atomic mass is 10.0. The molecule has 0 spiro atoms. The molecule has 2 aliphatic heterocycles. The largest absolute Gasteiger partial charge is 0.508 e. The molecule has 348 valence electrons. The van der Waals surface area contributed by atoms with Gasteiger partial charge in [-0.25, -0.2) is 0 Å². The van der Waals surface area contributed by atoms with Crippen LogP contribution in [0.15, 0.2) is 24.3 Å². The Morgan fingerprint density at radius 2 is 1.10 bits per heavy atom. The van der Waals surface area contributed by atoms with Crippen molar-refractivity contribution >= 4 is 54.0 Å². The van der Waals surface area contributed by atoms with Gasteiger partial charge in [0, 0.05) is 116 Å². The third-order valence-electron chi connectivity index (χ3n) is 10.3. The lowest BCUT2D eigenvalue weighted by Gasteiger charge is -2.41. The minimum Gasteiger partial charge on any atom is -0.508 e. The predicted molar refractivity (Wildman–Crippen MR) is 235 cm³/mol. The molecule has 0 aliphatic carbocycles. The molecule has 0 radical (unpaired) electrons. The SMILES string of the molecule is NC(=O)C(CS)NC(=O)CCCCCNC(=O)C(Cc1ccc(O)cc1)NC(=O)CCCC(=O)N[C@]12CNCCNC[C@](NC(=O)CCCC(=O)O)(CNCCNC1)NCCN2. The van der Waals surface area contributed by atoms with Crippen LogP contribution < -0.4 is 64.2 Å². The molecule has 2 atom stereocenters. The third-order valence-corrected chi connectivity index (χ3v) is 10.7. The number of nitrogens with two attached hydrogens (primary N) is 1. The number of carboxylic acid groups (broad SMARTS) is 1. The summed E-state index contributed by atoms with van der Waals surface area (Å²) in [4.78, 5) is 87.4. The Kier molecular flexibility index (Phi) is 23.5. The van der Waals surface area contributed by atoms with Crippen LogP contribution in [0.25, 0.3) is 0 Å². The number of carboxylic acids is 1. The molecule has 2 bridgehead atoms. The Morgan fingerprint density at radius 1 is 0.629 bits per heavy atom. The number of hydrogen-bond acceptors (Lipinski definition) is 15. The van der Waals surface area contributed by atoms with Crippen molar-refractivity contribution in [2.45, 2.75) is 94.0 Å². The lowest BCUT2D eigenvalue weighted by molar-refractivity contribution is -0.137. The Balaban J connectivity index is 1.54. The Bertz CT molecular complexity index is 1590. The summed E-state index contributed by atoms with van der Waals surface area (Å²) in [5, 5.41) is 53.8. The fourth-order valence-electron chi connectivity index (χ4n) is 7.01. The highest BCUT2D eigenvalue weighted by Gasteiger charge is 2.35. The number of phenolic OH excluding ortho intramolecular Hbond substituents is 1. The summed E-state index contributed by atoms with van der Waals surface area (Å²) in [6.45, 7) is 5.01. The second kappa shape index (κ2) is 28.2. The van der Waals surface area contributed by atoms with Gasteiger partial charge in [-0.05, 0) is 43.4 Å². The van der Waals surface area contributed by atoms with Crippen LogP contribution in [0.2, 0.25) is 0 Å². The van der Waals surface area contributed by atoms with Gasteiger partial charge in [-0.3, -0.25) is 44.2 Å². The maximum atomic E-state index is 13.5. The van der Waals surface area contributed by atoms with Gasteiger partial charge in [-0.15, -0.1) is 0 Å². The second-order valence-corrected chi connectivity index (χ2v) is 16.1. The minimum absolute atomic E-state index is 0.0129. The zero-order valence-corrected chi connectivity index (χ0v) is 36.4. The molecule has 1 aromatic rings. The van der Waals surface area contributed by atoms with E-state index in [0.717, 1.165) is 5.56 Å². The first kappa shape index (κ1) is 51.8. The van der Waals surface area contributed by atoms with Crippen molar-refractivity contribution in [1.82, 2.24) is 58.5 Å². The predicted octanol–water partition coefficient (Wildman–Crippen LogP) is -3.39. The number of unbranched alkanes of at least 4 members (excludes halogenated alkanes) is 2. The average molecular weight is 893 g/mol. The van der Waals surface area contributed by atoms with Gasteiger partial charge in [-0.1, -0.05) is 18.6 Å². The van der Waals surface area contributed by atoms with E-state index in [0.29, 0.717) is 91.3 Å². The molecule has 2 heterocycles. The van der Waals surface area contributed by atoms with Crippen LogP contribution >= 0.6 is 12.6 Å². The number of aliphatic carboxylic acids is 1. The minimum atomic E-state index is -0.953. The van der Waals surface area contributed by atoms with E-state index in [4.69, 9.17) is 10.8 Å². The van der Waals surface area contributed by atoms with Crippen LogP contribution in [0, 0.1) is 0 Å². The van der Waals surface area contributed by atoms with E-state index in [-0.39, 0.29) is 80.6 Å². The van der Waals surface area contributed by atoms with E-state index in [1.165, 1.54) is 12.1 Å². The number of nitrogens with one attached hydrogen (secondary N) is 11. The van der Waals surface area contributed by atoms with Crippen molar-refractivity contribution in [1.29, 1.82) is 0 Å². The first-order valence-electron chi connectivity index (χ1n) is 21.4. The summed E-state index contributed by atoms with van der Waals surface area (Å²) in [6, 6.07) is 4.57. The molecular formula is C40H68N12O9S. The number of amides is 6. The maximum Gasteiger partial charge on any atom is 0.303 e. The molecule has 21 nitrogen and oxygen atoms in total. The quantitative estimate of drug-likeness (QED) is 0.0377. The molecule has 2 unspecified atom stereocenters. The Labute approximate surface area is 368 Å². The van der Waals surface area contributed by atoms with Crippen LogP contribution in [0.1, 0.15) is 69.8 Å². The van der Waals surface area contributed by atoms with E-state index in [9.17, 15) is 38.7 Å². The summed E-state index contributed by atoms with van der Waals surface area (Å²) in [5.41, 5.74) is 4.21. The van der Waals surface area contributed by atoms with Crippen LogP contribution in [-0.2, 0) is 40.0 Å². The highest BCUT2D eigenvalue weighted by Crippen LogP contribution is 2.13. The molecule has 2 aliphatic rings. The normalized spacial score (nSPS) is 20.8. The van der Waals surface area contributed by atoms with E-state index < -0.39 is 47.1 Å². The second-order valence-electron chi connectivity index (χ2n) is 15.7. The summed E-state index contributed by atoms with van der Waals surface area (Å²) in [5.74, 6) is -3.09. The van der Waals surface area contributed by atoms with Crippen molar-refractivity contribution in [3.8, 4) is 5.75 Å². The smallest absolute Gasteiger partial charge is 0.303 e. The van der Waals surface area contributed by atoms with Crippen LogP contribution in [-0.4, -0.2) is 153 Å². The Morgan fingerprint density at radius 3 is 1.58 bits per heavy atom. The third kappa shape index (κ3) is 20.5. The molecule has 15 N–H and O–H groups in total. The van der Waals surface area contributed by atoms with Crippen molar-refractivity contribution in [2.24, 2.45) is 5.73 Å². The van der Waals surface area contributed by atoms with Crippen LogP contribution in [0.3, 0.4) is 0 Å². The fraction of sp³-hybridized carbons (Fsp3) is 0.675. The zero-order chi connectivity index (χ0) is 45.2. The molecule has 2 fully saturated rings. The highest BCUT2D eigenvalue weighted by molar-refractivity contribution is 7.80. The van der Waals surface area contributed by atoms with Gasteiger partial charge in [-0.2, -0.15) is 12.6 Å². The topological polar surface area (TPSA) is 318 Å². The van der Waals surface area contributed by atoms with Gasteiger partial charge in [0.25, 0.3) is 0 Å². The Hall–Kier alpha value is -4.58. The number of carbonyl (C=O) groups is 7. The first-order chi connectivity index (χ1) is 29.7. The number of primary amides is 1. The molecule has 6 amide bonds. The van der Waals surface area contributed by atoms with E-state index in [1.807, 2.05) is 0 Å². The molecule has 1 aromatic carbocycles. The molecule has 0 saturated carbocycles. The standard InChI is InChI=1S/C40H68N12O9S/c41-37(60)31(23-62)50-32(54)6-2-1-3-15-46-38(61)30(22-28-11-13-29(53)14-12-28)49-33(55)7-4-8-34(56)51-39-24-42-16-18-44-26-40(48-21-20-47-39,27-45-19-17-43-25-39)52-35(57)9-5-10-36(58)59/h11-14,30-31,42-45,47-48,53,62H,1-10,15-27H2,(H2,41,60)(H,46,61)(H,49,55)(H,50,54)(H,51,56)(H,52,57)(H,58,59)/t30?,31?,39-,40+. The van der Waals surface area contributed by atoms with E-state index >= 15 is 0 Å². The average Bonchev–Trinajstić information content (AvgIpc) is 3.21. The van der Waals surface area contributed by atoms with Crippen LogP contribution in [0.5, 0.6) is 5.75 Å². The summed E-state index contributed by atoms with van der Waals surface area (Å²) in [7, 11) is 0.